The van der Waals surface area contributed by atoms with Crippen LogP contribution in [-0.4, -0.2) is 21.4 Å². The van der Waals surface area contributed by atoms with Crippen LogP contribution in [0.4, 0.5) is 11.4 Å². The van der Waals surface area contributed by atoms with E-state index in [4.69, 9.17) is 16.3 Å². The second-order valence-corrected chi connectivity index (χ2v) is 9.06. The van der Waals surface area contributed by atoms with Gasteiger partial charge in [-0.15, -0.1) is 11.3 Å². The third-order valence-electron chi connectivity index (χ3n) is 4.14. The van der Waals surface area contributed by atoms with Gasteiger partial charge in [-0.25, -0.2) is 8.42 Å². The minimum atomic E-state index is -3.96. The predicted molar refractivity (Wildman–Crippen MR) is 117 cm³/mol. The Balaban J connectivity index is 1.90. The standard InChI is InChI=1S/C20H19ClN2O4S2/c1-3-13-10-11-28-19(13)20(24)22-16-8-9-17(27-2)18(12-16)29(25,26)23-15-6-4-14(21)5-7-15/h4-12,23H,3H2,1-2H3,(H,22,24). The van der Waals surface area contributed by atoms with Gasteiger partial charge < -0.3 is 10.1 Å². The van der Waals surface area contributed by atoms with Crippen LogP contribution in [0.2, 0.25) is 5.02 Å². The number of halogens is 1. The zero-order valence-corrected chi connectivity index (χ0v) is 18.1. The van der Waals surface area contributed by atoms with Gasteiger partial charge in [-0.3, -0.25) is 9.52 Å². The van der Waals surface area contributed by atoms with E-state index < -0.39 is 10.0 Å². The average molecular weight is 451 g/mol. The Bertz CT molecular complexity index is 1130. The van der Waals surface area contributed by atoms with E-state index in [1.165, 1.54) is 30.6 Å². The lowest BCUT2D eigenvalue weighted by Gasteiger charge is -2.14. The van der Waals surface area contributed by atoms with Crippen LogP contribution in [0, 0.1) is 0 Å². The molecular weight excluding hydrogens is 432 g/mol. The fraction of sp³-hybridized carbons (Fsp3) is 0.150. The van der Waals surface area contributed by atoms with E-state index in [9.17, 15) is 13.2 Å². The van der Waals surface area contributed by atoms with Gasteiger partial charge in [0.05, 0.1) is 12.0 Å². The van der Waals surface area contributed by atoms with Crippen LogP contribution in [0.3, 0.4) is 0 Å². The summed E-state index contributed by atoms with van der Waals surface area (Å²) in [5, 5.41) is 5.11. The van der Waals surface area contributed by atoms with Crippen molar-refractivity contribution in [3.8, 4) is 5.75 Å². The van der Waals surface area contributed by atoms with Crippen molar-refractivity contribution >= 4 is 50.2 Å². The number of carbonyl (C=O) groups is 1. The Morgan fingerprint density at radius 2 is 1.79 bits per heavy atom. The maximum absolute atomic E-state index is 12.9. The smallest absolute Gasteiger partial charge is 0.266 e. The van der Waals surface area contributed by atoms with Crippen molar-refractivity contribution in [3.05, 3.63) is 69.4 Å². The summed E-state index contributed by atoms with van der Waals surface area (Å²) in [5.74, 6) is -0.120. The molecule has 3 rings (SSSR count). The molecule has 1 amide bonds. The number of anilines is 2. The van der Waals surface area contributed by atoms with E-state index in [2.05, 4.69) is 10.0 Å². The number of ether oxygens (including phenoxy) is 1. The van der Waals surface area contributed by atoms with E-state index in [0.29, 0.717) is 21.3 Å². The van der Waals surface area contributed by atoms with Crippen molar-refractivity contribution in [2.75, 3.05) is 17.1 Å². The summed E-state index contributed by atoms with van der Waals surface area (Å²) in [5.41, 5.74) is 1.65. The number of amides is 1. The topological polar surface area (TPSA) is 84.5 Å². The molecule has 0 atom stereocenters. The normalized spacial score (nSPS) is 11.1. The number of rotatable bonds is 7. The molecule has 6 nitrogen and oxygen atoms in total. The molecule has 0 aliphatic rings. The highest BCUT2D eigenvalue weighted by Gasteiger charge is 2.21. The molecule has 0 fully saturated rings. The van der Waals surface area contributed by atoms with Crippen LogP contribution < -0.4 is 14.8 Å². The van der Waals surface area contributed by atoms with Gasteiger partial charge in [-0.2, -0.15) is 0 Å². The van der Waals surface area contributed by atoms with Gasteiger partial charge in [-0.05, 0) is 65.9 Å². The Morgan fingerprint density at radius 1 is 1.10 bits per heavy atom. The first-order chi connectivity index (χ1) is 13.8. The first kappa shape index (κ1) is 21.2. The Labute approximate surface area is 178 Å². The third kappa shape index (κ3) is 4.90. The van der Waals surface area contributed by atoms with Crippen molar-refractivity contribution in [2.24, 2.45) is 0 Å². The average Bonchev–Trinajstić information content (AvgIpc) is 3.18. The number of benzene rings is 2. The van der Waals surface area contributed by atoms with E-state index >= 15 is 0 Å². The summed E-state index contributed by atoms with van der Waals surface area (Å²) in [4.78, 5) is 13.1. The molecule has 0 saturated carbocycles. The molecule has 1 aromatic heterocycles. The molecule has 0 radical (unpaired) electrons. The molecule has 29 heavy (non-hydrogen) atoms. The Kier molecular flexibility index (Phi) is 6.46. The van der Waals surface area contributed by atoms with Crippen LogP contribution in [-0.2, 0) is 16.4 Å². The Hall–Kier alpha value is -2.55. The fourth-order valence-corrected chi connectivity index (χ4v) is 4.96. The van der Waals surface area contributed by atoms with Gasteiger partial charge in [0, 0.05) is 16.4 Å². The van der Waals surface area contributed by atoms with E-state index in [1.54, 1.807) is 30.3 Å². The Morgan fingerprint density at radius 3 is 2.45 bits per heavy atom. The molecule has 9 heteroatoms. The van der Waals surface area contributed by atoms with Crippen molar-refractivity contribution in [1.29, 1.82) is 0 Å². The maximum Gasteiger partial charge on any atom is 0.266 e. The number of carbonyl (C=O) groups excluding carboxylic acids is 1. The zero-order valence-electron chi connectivity index (χ0n) is 15.7. The minimum absolute atomic E-state index is 0.0883. The van der Waals surface area contributed by atoms with Crippen molar-refractivity contribution in [2.45, 2.75) is 18.2 Å². The second kappa shape index (κ2) is 8.86. The quantitative estimate of drug-likeness (QED) is 0.529. The van der Waals surface area contributed by atoms with Gasteiger partial charge in [0.1, 0.15) is 10.6 Å². The van der Waals surface area contributed by atoms with Gasteiger partial charge in [-0.1, -0.05) is 18.5 Å². The summed E-state index contributed by atoms with van der Waals surface area (Å²) >= 11 is 7.19. The summed E-state index contributed by atoms with van der Waals surface area (Å²) in [6.45, 7) is 1.97. The van der Waals surface area contributed by atoms with Crippen molar-refractivity contribution < 1.29 is 17.9 Å². The largest absolute Gasteiger partial charge is 0.495 e. The summed E-state index contributed by atoms with van der Waals surface area (Å²) in [6.07, 6.45) is 0.736. The molecule has 2 N–H and O–H groups in total. The molecule has 0 unspecified atom stereocenters. The molecule has 0 aliphatic carbocycles. The lowest BCUT2D eigenvalue weighted by Crippen LogP contribution is -2.16. The van der Waals surface area contributed by atoms with Crippen LogP contribution in [0.15, 0.2) is 58.8 Å². The number of sulfonamides is 1. The maximum atomic E-state index is 12.9. The lowest BCUT2D eigenvalue weighted by atomic mass is 10.2. The fourth-order valence-electron chi connectivity index (χ4n) is 2.69. The number of hydrogen-bond acceptors (Lipinski definition) is 5. The molecule has 0 spiro atoms. The number of thiophene rings is 1. The van der Waals surface area contributed by atoms with E-state index in [1.807, 2.05) is 18.4 Å². The highest BCUT2D eigenvalue weighted by atomic mass is 35.5. The molecule has 3 aromatic rings. The van der Waals surface area contributed by atoms with Crippen LogP contribution >= 0.6 is 22.9 Å². The summed E-state index contributed by atoms with van der Waals surface area (Å²) < 4.78 is 33.5. The predicted octanol–water partition coefficient (Wildman–Crippen LogP) is 5.03. The van der Waals surface area contributed by atoms with E-state index in [-0.39, 0.29) is 16.6 Å². The van der Waals surface area contributed by atoms with Gasteiger partial charge in [0.2, 0.25) is 0 Å². The van der Waals surface area contributed by atoms with Gasteiger partial charge >= 0.3 is 0 Å². The zero-order chi connectivity index (χ0) is 21.0. The van der Waals surface area contributed by atoms with Crippen LogP contribution in [0.25, 0.3) is 0 Å². The molecule has 0 bridgehead atoms. The van der Waals surface area contributed by atoms with Crippen molar-refractivity contribution in [3.63, 3.8) is 0 Å². The van der Waals surface area contributed by atoms with Crippen LogP contribution in [0.5, 0.6) is 5.75 Å². The lowest BCUT2D eigenvalue weighted by molar-refractivity contribution is 0.102. The molecule has 1 heterocycles. The highest BCUT2D eigenvalue weighted by molar-refractivity contribution is 7.92. The van der Waals surface area contributed by atoms with Crippen LogP contribution in [0.1, 0.15) is 22.2 Å². The number of aryl methyl sites for hydroxylation is 1. The number of methoxy groups -OCH3 is 1. The molecular formula is C20H19ClN2O4S2. The summed E-state index contributed by atoms with van der Waals surface area (Å²) in [7, 11) is -2.58. The number of nitrogens with one attached hydrogen (secondary N) is 2. The van der Waals surface area contributed by atoms with Gasteiger partial charge in [0.15, 0.2) is 0 Å². The van der Waals surface area contributed by atoms with Gasteiger partial charge in [0.25, 0.3) is 15.9 Å². The second-order valence-electron chi connectivity index (χ2n) is 6.06. The molecule has 0 saturated heterocycles. The third-order valence-corrected chi connectivity index (χ3v) is 6.75. The SMILES string of the molecule is CCc1ccsc1C(=O)Nc1ccc(OC)c(S(=O)(=O)Nc2ccc(Cl)cc2)c1. The first-order valence-electron chi connectivity index (χ1n) is 8.68. The molecule has 2 aromatic carbocycles. The monoisotopic (exact) mass is 450 g/mol. The summed E-state index contributed by atoms with van der Waals surface area (Å²) in [6, 6.07) is 12.6. The minimum Gasteiger partial charge on any atom is -0.495 e. The van der Waals surface area contributed by atoms with E-state index in [0.717, 1.165) is 12.0 Å². The highest BCUT2D eigenvalue weighted by Crippen LogP contribution is 2.30. The molecule has 152 valence electrons. The van der Waals surface area contributed by atoms with Crippen molar-refractivity contribution in [1.82, 2.24) is 0 Å². The molecule has 0 aliphatic heterocycles. The first-order valence-corrected chi connectivity index (χ1v) is 11.4. The number of hydrogen-bond donors (Lipinski definition) is 2.